The highest BCUT2D eigenvalue weighted by Gasteiger charge is 2.21. The number of hydrogen-bond acceptors (Lipinski definition) is 3. The summed E-state index contributed by atoms with van der Waals surface area (Å²) in [6, 6.07) is 67.2. The molecule has 10 rings (SSSR count). The molecule has 0 bridgehead atoms. The van der Waals surface area contributed by atoms with E-state index < -0.39 is 0 Å². The summed E-state index contributed by atoms with van der Waals surface area (Å²) in [7, 11) is 0. The molecule has 0 aliphatic heterocycles. The van der Waals surface area contributed by atoms with Crippen LogP contribution in [0.4, 0.5) is 17.1 Å². The van der Waals surface area contributed by atoms with Crippen LogP contribution in [0.25, 0.3) is 75.5 Å². The Bertz CT molecular complexity index is 2830. The van der Waals surface area contributed by atoms with Crippen LogP contribution in [0.3, 0.4) is 0 Å². The van der Waals surface area contributed by atoms with E-state index in [0.29, 0.717) is 0 Å². The van der Waals surface area contributed by atoms with Gasteiger partial charge in [0.2, 0.25) is 0 Å². The molecular weight excluding hydrogens is 639 g/mol. The minimum absolute atomic E-state index is 0.863. The molecule has 0 saturated carbocycles. The van der Waals surface area contributed by atoms with Gasteiger partial charge in [0.15, 0.2) is 5.58 Å². The third-order valence-corrected chi connectivity index (χ3v) is 11.0. The van der Waals surface area contributed by atoms with Gasteiger partial charge in [-0.15, -0.1) is 11.3 Å². The van der Waals surface area contributed by atoms with Crippen molar-refractivity contribution in [1.82, 2.24) is 0 Å². The molecule has 0 radical (unpaired) electrons. The first-order valence-corrected chi connectivity index (χ1v) is 18.1. The standard InChI is InChI=1S/C48H31NOS/c1-3-12-32(13-4-1)33-24-28-36(29-25-33)49(37-30-26-35(27-31-37)38-17-11-23-45-46(38)42-16-7-8-22-44(42)51-45)43-21-10-20-41-40-19-9-18-39(47(40)50-48(41)43)34-14-5-2-6-15-34/h1-31H. The largest absolute Gasteiger partial charge is 0.453 e. The topological polar surface area (TPSA) is 16.4 Å². The van der Waals surface area contributed by atoms with Crippen LogP contribution in [0.15, 0.2) is 192 Å². The number of anilines is 3. The predicted molar refractivity (Wildman–Crippen MR) is 218 cm³/mol. The van der Waals surface area contributed by atoms with Crippen LogP contribution >= 0.6 is 11.3 Å². The summed E-state index contributed by atoms with van der Waals surface area (Å²) in [5, 5.41) is 4.84. The van der Waals surface area contributed by atoms with Crippen molar-refractivity contribution in [1.29, 1.82) is 0 Å². The van der Waals surface area contributed by atoms with Crippen LogP contribution in [0.5, 0.6) is 0 Å². The van der Waals surface area contributed by atoms with E-state index in [0.717, 1.165) is 50.1 Å². The number of nitrogens with zero attached hydrogens (tertiary/aromatic N) is 1. The lowest BCUT2D eigenvalue weighted by Gasteiger charge is -2.26. The minimum atomic E-state index is 0.863. The van der Waals surface area contributed by atoms with E-state index in [1.807, 2.05) is 11.3 Å². The first-order valence-electron chi connectivity index (χ1n) is 17.3. The number of para-hydroxylation sites is 2. The lowest BCUT2D eigenvalue weighted by atomic mass is 9.99. The van der Waals surface area contributed by atoms with Crippen molar-refractivity contribution in [3.05, 3.63) is 188 Å². The minimum Gasteiger partial charge on any atom is -0.453 e. The van der Waals surface area contributed by atoms with E-state index in [1.54, 1.807) is 0 Å². The summed E-state index contributed by atoms with van der Waals surface area (Å²) in [4.78, 5) is 2.33. The van der Waals surface area contributed by atoms with Crippen LogP contribution in [0.1, 0.15) is 0 Å². The Labute approximate surface area is 300 Å². The van der Waals surface area contributed by atoms with E-state index in [9.17, 15) is 0 Å². The van der Waals surface area contributed by atoms with E-state index >= 15 is 0 Å². The zero-order valence-corrected chi connectivity index (χ0v) is 28.5. The van der Waals surface area contributed by atoms with Gasteiger partial charge in [0.25, 0.3) is 0 Å². The zero-order valence-electron chi connectivity index (χ0n) is 27.7. The van der Waals surface area contributed by atoms with Gasteiger partial charge in [-0.25, -0.2) is 0 Å². The van der Waals surface area contributed by atoms with Gasteiger partial charge in [-0.2, -0.15) is 0 Å². The number of fused-ring (bicyclic) bond motifs is 6. The van der Waals surface area contributed by atoms with Gasteiger partial charge >= 0.3 is 0 Å². The van der Waals surface area contributed by atoms with E-state index in [4.69, 9.17) is 4.42 Å². The molecule has 0 aliphatic rings. The Hall–Kier alpha value is -6.42. The number of furan rings is 1. The second kappa shape index (κ2) is 12.2. The smallest absolute Gasteiger partial charge is 0.159 e. The van der Waals surface area contributed by atoms with Gasteiger partial charge in [0.05, 0.1) is 5.69 Å². The molecule has 8 aromatic carbocycles. The summed E-state index contributed by atoms with van der Waals surface area (Å²) in [5.74, 6) is 0. The van der Waals surface area contributed by atoms with Crippen molar-refractivity contribution < 1.29 is 4.42 Å². The maximum Gasteiger partial charge on any atom is 0.159 e. The molecule has 2 heterocycles. The van der Waals surface area contributed by atoms with Crippen LogP contribution in [0.2, 0.25) is 0 Å². The van der Waals surface area contributed by atoms with Crippen molar-refractivity contribution in [2.45, 2.75) is 0 Å². The van der Waals surface area contributed by atoms with Gasteiger partial charge in [-0.05, 0) is 70.3 Å². The molecular formula is C48H31NOS. The van der Waals surface area contributed by atoms with Gasteiger partial charge < -0.3 is 9.32 Å². The predicted octanol–water partition coefficient (Wildman–Crippen LogP) is 14.4. The third-order valence-electron chi connectivity index (χ3n) is 9.90. The van der Waals surface area contributed by atoms with Crippen molar-refractivity contribution in [3.8, 4) is 33.4 Å². The van der Waals surface area contributed by atoms with Gasteiger partial charge in [-0.3, -0.25) is 0 Å². The molecule has 2 aromatic heterocycles. The SMILES string of the molecule is c1ccc(-c2ccc(N(c3ccc(-c4cccc5sc6ccccc6c45)cc3)c3cccc4c3oc3c(-c5ccccc5)cccc34)cc2)cc1. The Kier molecular flexibility index (Phi) is 7.04. The second-order valence-corrected chi connectivity index (χ2v) is 14.0. The number of hydrogen-bond donors (Lipinski definition) is 0. The molecule has 0 aliphatic carbocycles. The maximum absolute atomic E-state index is 6.92. The lowest BCUT2D eigenvalue weighted by Crippen LogP contribution is -2.10. The first kappa shape index (κ1) is 29.5. The highest BCUT2D eigenvalue weighted by molar-refractivity contribution is 7.25. The highest BCUT2D eigenvalue weighted by atomic mass is 32.1. The fourth-order valence-electron chi connectivity index (χ4n) is 7.49. The van der Waals surface area contributed by atoms with Gasteiger partial charge in [0, 0.05) is 47.9 Å². The van der Waals surface area contributed by atoms with Crippen LogP contribution in [-0.2, 0) is 0 Å². The molecule has 0 saturated heterocycles. The van der Waals surface area contributed by atoms with Crippen molar-refractivity contribution in [2.75, 3.05) is 4.90 Å². The second-order valence-electron chi connectivity index (χ2n) is 12.9. The number of benzene rings is 8. The zero-order chi connectivity index (χ0) is 33.7. The summed E-state index contributed by atoms with van der Waals surface area (Å²) in [6.45, 7) is 0. The van der Waals surface area contributed by atoms with Crippen LogP contribution < -0.4 is 4.90 Å². The van der Waals surface area contributed by atoms with Gasteiger partial charge in [-0.1, -0.05) is 146 Å². The lowest BCUT2D eigenvalue weighted by molar-refractivity contribution is 0.670. The van der Waals surface area contributed by atoms with Gasteiger partial charge in [0.1, 0.15) is 5.58 Å². The molecule has 0 unspecified atom stereocenters. The molecule has 0 spiro atoms. The monoisotopic (exact) mass is 669 g/mol. The molecule has 3 heteroatoms. The molecule has 0 fully saturated rings. The Morgan fingerprint density at radius 2 is 0.863 bits per heavy atom. The Morgan fingerprint density at radius 3 is 1.61 bits per heavy atom. The quantitative estimate of drug-likeness (QED) is 0.175. The van der Waals surface area contributed by atoms with E-state index in [2.05, 4.69) is 193 Å². The fourth-order valence-corrected chi connectivity index (χ4v) is 8.62. The molecule has 2 nitrogen and oxygen atoms in total. The molecule has 51 heavy (non-hydrogen) atoms. The Balaban J connectivity index is 1.15. The highest BCUT2D eigenvalue weighted by Crippen LogP contribution is 2.45. The average Bonchev–Trinajstić information content (AvgIpc) is 3.79. The fraction of sp³-hybridized carbons (Fsp3) is 0. The van der Waals surface area contributed by atoms with Crippen LogP contribution in [-0.4, -0.2) is 0 Å². The molecule has 10 aromatic rings. The van der Waals surface area contributed by atoms with E-state index in [-0.39, 0.29) is 0 Å². The third kappa shape index (κ3) is 5.01. The summed E-state index contributed by atoms with van der Waals surface area (Å²) < 4.78 is 9.54. The van der Waals surface area contributed by atoms with Crippen molar-refractivity contribution in [3.63, 3.8) is 0 Å². The van der Waals surface area contributed by atoms with Crippen molar-refractivity contribution >= 4 is 70.5 Å². The molecule has 240 valence electrons. The summed E-state index contributed by atoms with van der Waals surface area (Å²) >= 11 is 1.86. The number of thiophene rings is 1. The van der Waals surface area contributed by atoms with Crippen LogP contribution in [0, 0.1) is 0 Å². The molecule has 0 N–H and O–H groups in total. The normalized spacial score (nSPS) is 11.5. The average molecular weight is 670 g/mol. The van der Waals surface area contributed by atoms with Crippen molar-refractivity contribution in [2.24, 2.45) is 0 Å². The first-order chi connectivity index (χ1) is 25.3. The van der Waals surface area contributed by atoms with E-state index in [1.165, 1.54) is 42.4 Å². The summed E-state index contributed by atoms with van der Waals surface area (Å²) in [5.41, 5.74) is 11.9. The Morgan fingerprint density at radius 1 is 0.353 bits per heavy atom. The summed E-state index contributed by atoms with van der Waals surface area (Å²) in [6.07, 6.45) is 0. The number of rotatable bonds is 6. The molecule has 0 amide bonds. The molecule has 0 atom stereocenters. The maximum atomic E-state index is 6.92.